The van der Waals surface area contributed by atoms with Crippen molar-refractivity contribution in [2.45, 2.75) is 26.7 Å². The molecule has 2 heterocycles. The van der Waals surface area contributed by atoms with Crippen molar-refractivity contribution in [2.75, 3.05) is 6.54 Å². The van der Waals surface area contributed by atoms with E-state index in [2.05, 4.69) is 15.4 Å². The molecule has 25 heavy (non-hydrogen) atoms. The molecule has 5 heteroatoms. The van der Waals surface area contributed by atoms with Crippen LogP contribution < -0.4 is 5.32 Å². The molecule has 0 unspecified atom stereocenters. The molecule has 0 saturated heterocycles. The van der Waals surface area contributed by atoms with E-state index in [1.807, 2.05) is 61.0 Å². The van der Waals surface area contributed by atoms with Crippen molar-refractivity contribution in [1.29, 1.82) is 0 Å². The molecule has 1 aromatic carbocycles. The second-order valence-corrected chi connectivity index (χ2v) is 6.10. The monoisotopic (exact) mass is 334 g/mol. The average molecular weight is 334 g/mol. The minimum atomic E-state index is -0.0466. The highest BCUT2D eigenvalue weighted by atomic mass is 16.1. The zero-order chi connectivity index (χ0) is 17.6. The quantitative estimate of drug-likeness (QED) is 0.704. The van der Waals surface area contributed by atoms with Gasteiger partial charge in [-0.3, -0.25) is 9.78 Å². The maximum absolute atomic E-state index is 12.2. The lowest BCUT2D eigenvalue weighted by atomic mass is 10.1. The van der Waals surface area contributed by atoms with Crippen LogP contribution >= 0.6 is 0 Å². The lowest BCUT2D eigenvalue weighted by Crippen LogP contribution is -2.24. The van der Waals surface area contributed by atoms with Gasteiger partial charge in [-0.15, -0.1) is 0 Å². The van der Waals surface area contributed by atoms with E-state index in [0.29, 0.717) is 12.1 Å². The van der Waals surface area contributed by atoms with Crippen molar-refractivity contribution in [2.24, 2.45) is 0 Å². The maximum Gasteiger partial charge on any atom is 0.251 e. The van der Waals surface area contributed by atoms with E-state index >= 15 is 0 Å². The van der Waals surface area contributed by atoms with Crippen LogP contribution in [0.15, 0.2) is 54.9 Å². The van der Waals surface area contributed by atoms with Gasteiger partial charge in [0.15, 0.2) is 0 Å². The van der Waals surface area contributed by atoms with Gasteiger partial charge in [0, 0.05) is 30.2 Å². The molecule has 0 bridgehead atoms. The van der Waals surface area contributed by atoms with Gasteiger partial charge in [0.05, 0.1) is 11.4 Å². The lowest BCUT2D eigenvalue weighted by molar-refractivity contribution is 0.0953. The van der Waals surface area contributed by atoms with Gasteiger partial charge in [0.25, 0.3) is 5.91 Å². The number of hydrogen-bond acceptors (Lipinski definition) is 3. The predicted molar refractivity (Wildman–Crippen MR) is 97.9 cm³/mol. The molecular formula is C20H22N4O. The van der Waals surface area contributed by atoms with Crippen LogP contribution in [0.3, 0.4) is 0 Å². The number of amides is 1. The van der Waals surface area contributed by atoms with Gasteiger partial charge < -0.3 is 5.32 Å². The van der Waals surface area contributed by atoms with E-state index in [-0.39, 0.29) is 5.91 Å². The summed E-state index contributed by atoms with van der Waals surface area (Å²) in [5.74, 6) is -0.0466. The summed E-state index contributed by atoms with van der Waals surface area (Å²) in [4.78, 5) is 16.2. The van der Waals surface area contributed by atoms with Gasteiger partial charge >= 0.3 is 0 Å². The highest BCUT2D eigenvalue weighted by Crippen LogP contribution is 2.13. The third kappa shape index (κ3) is 4.32. The van der Waals surface area contributed by atoms with Crippen LogP contribution in [0.2, 0.25) is 0 Å². The van der Waals surface area contributed by atoms with Crippen molar-refractivity contribution in [3.8, 4) is 5.69 Å². The molecule has 1 N–H and O–H groups in total. The van der Waals surface area contributed by atoms with Gasteiger partial charge in [0.1, 0.15) is 0 Å². The summed E-state index contributed by atoms with van der Waals surface area (Å²) in [5, 5.41) is 7.42. The van der Waals surface area contributed by atoms with Crippen LogP contribution in [-0.2, 0) is 6.42 Å². The second kappa shape index (κ2) is 7.75. The lowest BCUT2D eigenvalue weighted by Gasteiger charge is -2.08. The smallest absolute Gasteiger partial charge is 0.251 e. The highest BCUT2D eigenvalue weighted by molar-refractivity contribution is 5.94. The fraction of sp³-hybridized carbons (Fsp3) is 0.250. The van der Waals surface area contributed by atoms with Crippen LogP contribution in [0.4, 0.5) is 0 Å². The van der Waals surface area contributed by atoms with Crippen molar-refractivity contribution in [1.82, 2.24) is 20.1 Å². The molecule has 3 rings (SSSR count). The van der Waals surface area contributed by atoms with Crippen LogP contribution in [0, 0.1) is 13.8 Å². The number of nitrogens with zero attached hydrogens (tertiary/aromatic N) is 3. The normalized spacial score (nSPS) is 10.6. The summed E-state index contributed by atoms with van der Waals surface area (Å²) in [5.41, 5.74) is 4.91. The first-order valence-electron chi connectivity index (χ1n) is 8.44. The van der Waals surface area contributed by atoms with Crippen molar-refractivity contribution in [3.63, 3.8) is 0 Å². The maximum atomic E-state index is 12.2. The zero-order valence-electron chi connectivity index (χ0n) is 14.6. The Balaban J connectivity index is 1.53. The van der Waals surface area contributed by atoms with E-state index in [1.165, 1.54) is 5.56 Å². The summed E-state index contributed by atoms with van der Waals surface area (Å²) < 4.78 is 1.88. The number of carbonyl (C=O) groups excluding carboxylic acids is 1. The molecule has 0 atom stereocenters. The van der Waals surface area contributed by atoms with Crippen LogP contribution in [0.1, 0.15) is 33.7 Å². The summed E-state index contributed by atoms with van der Waals surface area (Å²) in [6, 6.07) is 13.5. The molecule has 1 amide bonds. The first kappa shape index (κ1) is 16.9. The Morgan fingerprint density at radius 1 is 1.08 bits per heavy atom. The third-order valence-corrected chi connectivity index (χ3v) is 4.06. The van der Waals surface area contributed by atoms with Crippen LogP contribution in [0.5, 0.6) is 0 Å². The van der Waals surface area contributed by atoms with E-state index < -0.39 is 0 Å². The summed E-state index contributed by atoms with van der Waals surface area (Å²) in [6.07, 6.45) is 5.41. The summed E-state index contributed by atoms with van der Waals surface area (Å²) in [7, 11) is 0. The Morgan fingerprint density at radius 2 is 1.80 bits per heavy atom. The molecule has 0 aliphatic heterocycles. The van der Waals surface area contributed by atoms with Gasteiger partial charge in [-0.2, -0.15) is 5.10 Å². The van der Waals surface area contributed by atoms with Gasteiger partial charge in [-0.1, -0.05) is 0 Å². The summed E-state index contributed by atoms with van der Waals surface area (Å²) >= 11 is 0. The molecule has 2 aromatic heterocycles. The van der Waals surface area contributed by atoms with Gasteiger partial charge in [-0.25, -0.2) is 4.68 Å². The van der Waals surface area contributed by atoms with Gasteiger partial charge in [0.2, 0.25) is 0 Å². The molecule has 3 aromatic rings. The number of pyridine rings is 1. The molecule has 0 radical (unpaired) electrons. The van der Waals surface area contributed by atoms with E-state index in [0.717, 1.165) is 29.9 Å². The number of aryl methyl sites for hydroxylation is 3. The summed E-state index contributed by atoms with van der Waals surface area (Å²) in [6.45, 7) is 4.64. The fourth-order valence-corrected chi connectivity index (χ4v) is 2.79. The molecule has 0 saturated carbocycles. The fourth-order valence-electron chi connectivity index (χ4n) is 2.79. The molecule has 5 nitrogen and oxygen atoms in total. The Hall–Kier alpha value is -2.95. The van der Waals surface area contributed by atoms with Crippen molar-refractivity contribution < 1.29 is 4.79 Å². The number of benzene rings is 1. The van der Waals surface area contributed by atoms with Gasteiger partial charge in [-0.05, 0) is 74.7 Å². The Kier molecular flexibility index (Phi) is 5.23. The number of aromatic nitrogens is 3. The predicted octanol–water partition coefficient (Wildman–Crippen LogP) is 3.25. The second-order valence-electron chi connectivity index (χ2n) is 6.10. The van der Waals surface area contributed by atoms with E-state index in [1.54, 1.807) is 12.4 Å². The minimum Gasteiger partial charge on any atom is -0.352 e. The minimum absolute atomic E-state index is 0.0466. The van der Waals surface area contributed by atoms with Crippen LogP contribution in [-0.4, -0.2) is 27.2 Å². The number of nitrogens with one attached hydrogen (secondary N) is 1. The first-order chi connectivity index (χ1) is 12.1. The Morgan fingerprint density at radius 3 is 2.44 bits per heavy atom. The topological polar surface area (TPSA) is 59.8 Å². The van der Waals surface area contributed by atoms with Crippen molar-refractivity contribution >= 4 is 5.91 Å². The zero-order valence-corrected chi connectivity index (χ0v) is 14.6. The Bertz CT molecular complexity index is 838. The van der Waals surface area contributed by atoms with Crippen LogP contribution in [0.25, 0.3) is 5.69 Å². The van der Waals surface area contributed by atoms with E-state index in [4.69, 9.17) is 0 Å². The molecule has 0 aliphatic carbocycles. The molecule has 0 fully saturated rings. The highest BCUT2D eigenvalue weighted by Gasteiger charge is 2.07. The average Bonchev–Trinajstić information content (AvgIpc) is 2.98. The van der Waals surface area contributed by atoms with Crippen molar-refractivity contribution in [3.05, 3.63) is 77.4 Å². The third-order valence-electron chi connectivity index (χ3n) is 4.06. The SMILES string of the molecule is Cc1cc(C)n(-c2ccc(C(=O)NCCCc3ccncc3)cc2)n1. The largest absolute Gasteiger partial charge is 0.352 e. The molecular weight excluding hydrogens is 312 g/mol. The number of hydrogen-bond donors (Lipinski definition) is 1. The molecule has 0 spiro atoms. The molecule has 0 aliphatic rings. The Labute approximate surface area is 147 Å². The van der Waals surface area contributed by atoms with E-state index in [9.17, 15) is 4.79 Å². The number of rotatable bonds is 6. The molecule has 128 valence electrons. The first-order valence-corrected chi connectivity index (χ1v) is 8.44. The standard InChI is InChI=1S/C20H22N4O/c1-15-14-16(2)24(23-15)19-7-5-18(6-8-19)20(25)22-11-3-4-17-9-12-21-13-10-17/h5-10,12-14H,3-4,11H2,1-2H3,(H,22,25). The number of carbonyl (C=O) groups is 1.